The van der Waals surface area contributed by atoms with Crippen LogP contribution in [0.5, 0.6) is 0 Å². The van der Waals surface area contributed by atoms with Gasteiger partial charge in [-0.3, -0.25) is 9.97 Å². The Morgan fingerprint density at radius 1 is 1.12 bits per heavy atom. The molecule has 1 atom stereocenters. The second kappa shape index (κ2) is 10.7. The number of halogens is 4. The number of anilines is 2. The van der Waals surface area contributed by atoms with Crippen LogP contribution >= 0.6 is 11.6 Å². The summed E-state index contributed by atoms with van der Waals surface area (Å²) in [7, 11) is 0. The molecule has 1 aliphatic carbocycles. The number of rotatable bonds is 8. The smallest absolute Gasteiger partial charge is 0.263 e. The zero-order valence-corrected chi connectivity index (χ0v) is 24.4. The Labute approximate surface area is 250 Å². The van der Waals surface area contributed by atoms with Crippen LogP contribution in [-0.2, 0) is 5.54 Å². The maximum Gasteiger partial charge on any atom is 0.263 e. The second-order valence-corrected chi connectivity index (χ2v) is 12.5. The van der Waals surface area contributed by atoms with Crippen molar-refractivity contribution in [1.29, 1.82) is 5.26 Å². The summed E-state index contributed by atoms with van der Waals surface area (Å²) in [5, 5.41) is 26.9. The molecule has 43 heavy (non-hydrogen) atoms. The van der Waals surface area contributed by atoms with Crippen molar-refractivity contribution in [1.82, 2.24) is 25.0 Å². The number of benzene rings is 2. The van der Waals surface area contributed by atoms with Crippen LogP contribution in [0.3, 0.4) is 0 Å². The van der Waals surface area contributed by atoms with Gasteiger partial charge >= 0.3 is 0 Å². The van der Waals surface area contributed by atoms with Crippen molar-refractivity contribution in [2.24, 2.45) is 5.41 Å². The summed E-state index contributed by atoms with van der Waals surface area (Å²) in [4.78, 5) is 8.50. The minimum atomic E-state index is -2.59. The van der Waals surface area contributed by atoms with Crippen LogP contribution in [0.25, 0.3) is 21.7 Å². The van der Waals surface area contributed by atoms with Crippen LogP contribution in [0.15, 0.2) is 55.1 Å². The maximum atomic E-state index is 14.8. The Balaban J connectivity index is 1.50. The third-order valence-corrected chi connectivity index (χ3v) is 7.98. The van der Waals surface area contributed by atoms with Gasteiger partial charge in [-0.05, 0) is 53.5 Å². The molecule has 0 amide bonds. The molecule has 0 radical (unpaired) electrons. The summed E-state index contributed by atoms with van der Waals surface area (Å²) in [6.07, 6.45) is 4.01. The minimum absolute atomic E-state index is 0.0749. The molecule has 8 nitrogen and oxygen atoms in total. The van der Waals surface area contributed by atoms with Gasteiger partial charge in [0.15, 0.2) is 0 Å². The molecule has 220 valence electrons. The Morgan fingerprint density at radius 2 is 1.91 bits per heavy atom. The third kappa shape index (κ3) is 5.31. The lowest BCUT2D eigenvalue weighted by molar-refractivity contribution is 0.0593. The summed E-state index contributed by atoms with van der Waals surface area (Å²) in [6, 6.07) is 9.65. The van der Waals surface area contributed by atoms with E-state index in [1.54, 1.807) is 24.4 Å². The molecule has 2 N–H and O–H groups in total. The Bertz CT molecular complexity index is 1890. The minimum Gasteiger partial charge on any atom is -0.383 e. The van der Waals surface area contributed by atoms with Gasteiger partial charge in [0.05, 0.1) is 34.0 Å². The quantitative estimate of drug-likeness (QED) is 0.189. The highest BCUT2D eigenvalue weighted by Gasteiger charge is 2.54. The van der Waals surface area contributed by atoms with Gasteiger partial charge in [-0.25, -0.2) is 17.9 Å². The molecule has 1 saturated carbocycles. The molecule has 1 unspecified atom stereocenters. The van der Waals surface area contributed by atoms with Gasteiger partial charge in [-0.1, -0.05) is 43.7 Å². The zero-order chi connectivity index (χ0) is 30.5. The van der Waals surface area contributed by atoms with Gasteiger partial charge in [-0.15, -0.1) is 5.10 Å². The van der Waals surface area contributed by atoms with E-state index in [-0.39, 0.29) is 5.41 Å². The number of hydrogen-bond acceptors (Lipinski definition) is 7. The highest BCUT2D eigenvalue weighted by Crippen LogP contribution is 2.48. The van der Waals surface area contributed by atoms with Gasteiger partial charge in [-0.2, -0.15) is 5.26 Å². The van der Waals surface area contributed by atoms with Crippen molar-refractivity contribution in [3.63, 3.8) is 0 Å². The van der Waals surface area contributed by atoms with E-state index in [1.807, 2.05) is 6.07 Å². The SMILES string of the molecule is CC(C)(C)CNc1c(C#N)cnc2c(Cl)cc(NC(c3cn(C4(C(F)F)CC4)nn3)c3ccc(F)c4cnccc34)cc12. The fourth-order valence-corrected chi connectivity index (χ4v) is 5.45. The normalized spacial score (nSPS) is 15.0. The predicted molar refractivity (Wildman–Crippen MR) is 160 cm³/mol. The molecule has 0 saturated heterocycles. The van der Waals surface area contributed by atoms with E-state index in [2.05, 4.69) is 57.8 Å². The van der Waals surface area contributed by atoms with Crippen LogP contribution in [0, 0.1) is 22.6 Å². The molecule has 0 spiro atoms. The van der Waals surface area contributed by atoms with E-state index >= 15 is 0 Å². The molecule has 6 rings (SSSR count). The van der Waals surface area contributed by atoms with Crippen molar-refractivity contribution in [3.8, 4) is 6.07 Å². The highest BCUT2D eigenvalue weighted by molar-refractivity contribution is 6.35. The number of alkyl halides is 2. The monoisotopic (exact) mass is 604 g/mol. The van der Waals surface area contributed by atoms with E-state index < -0.39 is 23.8 Å². The maximum absolute atomic E-state index is 14.8. The number of nitriles is 1. The number of aromatic nitrogens is 5. The molecule has 0 bridgehead atoms. The number of hydrogen-bond donors (Lipinski definition) is 2. The fraction of sp³-hybridized carbons (Fsp3) is 0.323. The molecule has 2 aromatic carbocycles. The molecule has 5 aromatic rings. The van der Waals surface area contributed by atoms with Crippen molar-refractivity contribution < 1.29 is 13.2 Å². The number of fused-ring (bicyclic) bond motifs is 2. The van der Waals surface area contributed by atoms with Gasteiger partial charge in [0, 0.05) is 41.6 Å². The first-order chi connectivity index (χ1) is 20.5. The van der Waals surface area contributed by atoms with Crippen LogP contribution in [0.1, 0.15) is 56.5 Å². The molecule has 1 aliphatic rings. The molecule has 12 heteroatoms. The molecule has 1 fully saturated rings. The standard InChI is InChI=1S/C31H28ClF3N8/c1-30(2,3)16-39-26-17(12-36)13-38-27-21(26)10-18(11-23(27)32)40-28(20-4-5-24(33)22-14-37-9-6-19(20)22)25-15-43(42-41-25)31(7-8-31)29(34)35/h4-6,9-11,13-15,28-29,40H,7-8,16H2,1-3H3,(H,38,39). The average Bonchev–Trinajstić information content (AvgIpc) is 3.65. The summed E-state index contributed by atoms with van der Waals surface area (Å²) in [5.74, 6) is -0.442. The summed E-state index contributed by atoms with van der Waals surface area (Å²) < 4.78 is 43.9. The fourth-order valence-electron chi connectivity index (χ4n) is 5.18. The molecule has 3 heterocycles. The van der Waals surface area contributed by atoms with E-state index in [0.717, 1.165) is 0 Å². The van der Waals surface area contributed by atoms with E-state index in [4.69, 9.17) is 11.6 Å². The lowest BCUT2D eigenvalue weighted by Gasteiger charge is -2.23. The molecule has 0 aliphatic heterocycles. The van der Waals surface area contributed by atoms with E-state index in [0.29, 0.717) is 74.3 Å². The van der Waals surface area contributed by atoms with Gasteiger partial charge in [0.1, 0.15) is 23.1 Å². The van der Waals surface area contributed by atoms with E-state index in [9.17, 15) is 18.4 Å². The third-order valence-electron chi connectivity index (χ3n) is 7.69. The van der Waals surface area contributed by atoms with Crippen molar-refractivity contribution in [2.75, 3.05) is 17.2 Å². The lowest BCUT2D eigenvalue weighted by Crippen LogP contribution is -2.26. The van der Waals surface area contributed by atoms with E-state index in [1.165, 1.54) is 29.3 Å². The Morgan fingerprint density at radius 3 is 2.60 bits per heavy atom. The number of nitrogens with zero attached hydrogens (tertiary/aromatic N) is 6. The van der Waals surface area contributed by atoms with Crippen molar-refractivity contribution in [3.05, 3.63) is 82.8 Å². The van der Waals surface area contributed by atoms with Gasteiger partial charge in [0.2, 0.25) is 0 Å². The topological polar surface area (TPSA) is 104 Å². The predicted octanol–water partition coefficient (Wildman–Crippen LogP) is 7.45. The largest absolute Gasteiger partial charge is 0.383 e. The molecular formula is C31H28ClF3N8. The lowest BCUT2D eigenvalue weighted by atomic mass is 9.96. The first-order valence-corrected chi connectivity index (χ1v) is 14.1. The van der Waals surface area contributed by atoms with Gasteiger partial charge < -0.3 is 10.6 Å². The van der Waals surface area contributed by atoms with Crippen LogP contribution in [0.2, 0.25) is 5.02 Å². The number of pyridine rings is 2. The van der Waals surface area contributed by atoms with Gasteiger partial charge in [0.25, 0.3) is 6.43 Å². The van der Waals surface area contributed by atoms with Crippen molar-refractivity contribution in [2.45, 2.75) is 51.6 Å². The first-order valence-electron chi connectivity index (χ1n) is 13.8. The summed E-state index contributed by atoms with van der Waals surface area (Å²) in [5.41, 5.74) is 1.58. The number of nitrogens with one attached hydrogen (secondary N) is 2. The zero-order valence-electron chi connectivity index (χ0n) is 23.7. The van der Waals surface area contributed by atoms with Crippen LogP contribution < -0.4 is 10.6 Å². The molecule has 3 aromatic heterocycles. The Kier molecular flexibility index (Phi) is 7.13. The van der Waals surface area contributed by atoms with Crippen LogP contribution in [0.4, 0.5) is 24.5 Å². The highest BCUT2D eigenvalue weighted by atomic mass is 35.5. The Hall–Kier alpha value is -4.43. The van der Waals surface area contributed by atoms with Crippen molar-refractivity contribution >= 4 is 44.7 Å². The summed E-state index contributed by atoms with van der Waals surface area (Å²) >= 11 is 6.73. The average molecular weight is 605 g/mol. The molecular weight excluding hydrogens is 577 g/mol. The van der Waals surface area contributed by atoms with Crippen LogP contribution in [-0.4, -0.2) is 37.9 Å². The second-order valence-electron chi connectivity index (χ2n) is 12.1. The first kappa shape index (κ1) is 28.7. The summed E-state index contributed by atoms with van der Waals surface area (Å²) in [6.45, 7) is 6.82.